The normalized spacial score (nSPS) is 14.4. The molecular weight excluding hydrogens is 386 g/mol. The van der Waals surface area contributed by atoms with Crippen LogP contribution in [0.2, 0.25) is 0 Å². The molecule has 4 rings (SSSR count). The molecule has 0 heterocycles. The van der Waals surface area contributed by atoms with E-state index in [2.05, 4.69) is 29.6 Å². The summed E-state index contributed by atoms with van der Waals surface area (Å²) in [6, 6.07) is 24.4. The van der Waals surface area contributed by atoms with Crippen LogP contribution in [-0.2, 0) is 21.5 Å². The van der Waals surface area contributed by atoms with Crippen molar-refractivity contribution in [1.29, 1.82) is 0 Å². The zero-order valence-corrected chi connectivity index (χ0v) is 17.9. The number of benzene rings is 3. The van der Waals surface area contributed by atoms with Gasteiger partial charge in [-0.1, -0.05) is 79.7 Å². The van der Waals surface area contributed by atoms with Gasteiger partial charge in [0, 0.05) is 6.92 Å². The summed E-state index contributed by atoms with van der Waals surface area (Å²) in [7, 11) is 0. The predicted molar refractivity (Wildman–Crippen MR) is 122 cm³/mol. The van der Waals surface area contributed by atoms with Crippen molar-refractivity contribution in [3.63, 3.8) is 0 Å². The molecule has 0 bridgehead atoms. The van der Waals surface area contributed by atoms with Gasteiger partial charge in [0.15, 0.2) is 0 Å². The first kappa shape index (κ1) is 20.9. The quantitative estimate of drug-likeness (QED) is 0.555. The van der Waals surface area contributed by atoms with E-state index >= 15 is 0 Å². The summed E-state index contributed by atoms with van der Waals surface area (Å²) in [6.45, 7) is 3.45. The Morgan fingerprint density at radius 2 is 1.45 bits per heavy atom. The molecule has 0 fully saturated rings. The number of carboxylic acids is 1. The summed E-state index contributed by atoms with van der Waals surface area (Å²) < 4.78 is 0. The third-order valence-corrected chi connectivity index (χ3v) is 6.33. The Labute approximate surface area is 182 Å². The van der Waals surface area contributed by atoms with E-state index in [4.69, 9.17) is 0 Å². The number of rotatable bonds is 7. The summed E-state index contributed by atoms with van der Waals surface area (Å²) in [5.41, 5.74) is 5.94. The monoisotopic (exact) mass is 413 g/mol. The van der Waals surface area contributed by atoms with E-state index in [0.29, 0.717) is 6.42 Å². The highest BCUT2D eigenvalue weighted by atomic mass is 16.4. The van der Waals surface area contributed by atoms with Gasteiger partial charge in [-0.25, -0.2) is 0 Å². The van der Waals surface area contributed by atoms with Gasteiger partial charge >= 0.3 is 5.97 Å². The highest BCUT2D eigenvalue weighted by Gasteiger charge is 2.43. The van der Waals surface area contributed by atoms with Gasteiger partial charge in [0.05, 0.1) is 11.5 Å². The number of hydrogen-bond donors (Lipinski definition) is 2. The molecular formula is C27H27NO3. The fourth-order valence-corrected chi connectivity index (χ4v) is 4.89. The lowest BCUT2D eigenvalue weighted by molar-refractivity contribution is -0.138. The number of hydrogen-bond acceptors (Lipinski definition) is 2. The second-order valence-electron chi connectivity index (χ2n) is 8.22. The minimum atomic E-state index is -0.793. The van der Waals surface area contributed by atoms with Gasteiger partial charge in [0.25, 0.3) is 0 Å². The van der Waals surface area contributed by atoms with E-state index in [1.54, 1.807) is 6.92 Å². The number of nitrogens with one attached hydrogen (secondary N) is 1. The van der Waals surface area contributed by atoms with E-state index in [9.17, 15) is 14.7 Å². The average Bonchev–Trinajstić information content (AvgIpc) is 3.03. The van der Waals surface area contributed by atoms with Gasteiger partial charge in [-0.3, -0.25) is 9.59 Å². The molecule has 2 N–H and O–H groups in total. The van der Waals surface area contributed by atoms with E-state index in [1.807, 2.05) is 55.5 Å². The Hall–Kier alpha value is -3.40. The molecule has 4 nitrogen and oxygen atoms in total. The summed E-state index contributed by atoms with van der Waals surface area (Å²) in [4.78, 5) is 23.7. The van der Waals surface area contributed by atoms with Gasteiger partial charge in [0.2, 0.25) is 5.91 Å². The Morgan fingerprint density at radius 3 is 1.94 bits per heavy atom. The molecule has 1 unspecified atom stereocenters. The van der Waals surface area contributed by atoms with Crippen molar-refractivity contribution in [1.82, 2.24) is 5.32 Å². The van der Waals surface area contributed by atoms with Gasteiger partial charge in [-0.15, -0.1) is 0 Å². The number of carbonyl (C=O) groups is 2. The Morgan fingerprint density at radius 1 is 0.903 bits per heavy atom. The van der Waals surface area contributed by atoms with Crippen molar-refractivity contribution in [2.45, 2.75) is 44.6 Å². The highest BCUT2D eigenvalue weighted by molar-refractivity contribution is 5.84. The summed E-state index contributed by atoms with van der Waals surface area (Å²) >= 11 is 0. The number of aryl methyl sites for hydroxylation is 1. The van der Waals surface area contributed by atoms with E-state index in [1.165, 1.54) is 0 Å². The van der Waals surface area contributed by atoms with Gasteiger partial charge in [-0.05, 0) is 52.6 Å². The van der Waals surface area contributed by atoms with Crippen molar-refractivity contribution in [3.8, 4) is 11.1 Å². The van der Waals surface area contributed by atoms with Gasteiger partial charge in [-0.2, -0.15) is 0 Å². The molecule has 0 aromatic heterocycles. The molecule has 31 heavy (non-hydrogen) atoms. The van der Waals surface area contributed by atoms with Crippen molar-refractivity contribution in [3.05, 3.63) is 95.1 Å². The van der Waals surface area contributed by atoms with E-state index < -0.39 is 17.4 Å². The molecule has 1 aliphatic carbocycles. The SMILES string of the molecule is CCC(C(=O)O)c1ccc(CCC2(NC(C)=O)c3ccccc3-c3ccccc32)cc1. The summed E-state index contributed by atoms with van der Waals surface area (Å²) in [6.07, 6.45) is 2.04. The standard InChI is InChI=1S/C27H27NO3/c1-3-21(26(30)31)20-14-12-19(13-15-20)16-17-27(28-18(2)29)24-10-6-4-8-22(24)23-9-5-7-11-25(23)27/h4-15,21H,3,16-17H2,1-2H3,(H,28,29)(H,30,31). The van der Waals surface area contributed by atoms with Crippen molar-refractivity contribution in [2.75, 3.05) is 0 Å². The van der Waals surface area contributed by atoms with Crippen LogP contribution < -0.4 is 5.32 Å². The number of carbonyl (C=O) groups excluding carboxylic acids is 1. The molecule has 0 aliphatic heterocycles. The number of fused-ring (bicyclic) bond motifs is 3. The van der Waals surface area contributed by atoms with Gasteiger partial charge < -0.3 is 10.4 Å². The second-order valence-corrected chi connectivity index (χ2v) is 8.22. The number of aliphatic carboxylic acids is 1. The van der Waals surface area contributed by atoms with Crippen molar-refractivity contribution in [2.24, 2.45) is 0 Å². The molecule has 0 saturated carbocycles. The van der Waals surface area contributed by atoms with E-state index in [0.717, 1.165) is 46.2 Å². The minimum Gasteiger partial charge on any atom is -0.481 e. The zero-order chi connectivity index (χ0) is 22.0. The van der Waals surface area contributed by atoms with Crippen LogP contribution in [0, 0.1) is 0 Å². The third kappa shape index (κ3) is 3.74. The first-order chi connectivity index (χ1) is 15.0. The largest absolute Gasteiger partial charge is 0.481 e. The van der Waals surface area contributed by atoms with Crippen LogP contribution >= 0.6 is 0 Å². The smallest absolute Gasteiger partial charge is 0.310 e. The lowest BCUT2D eigenvalue weighted by atomic mass is 9.81. The minimum absolute atomic E-state index is 0.0610. The summed E-state index contributed by atoms with van der Waals surface area (Å²) in [5.74, 6) is -1.33. The zero-order valence-electron chi connectivity index (χ0n) is 17.9. The fraction of sp³-hybridized carbons (Fsp3) is 0.259. The topological polar surface area (TPSA) is 66.4 Å². The van der Waals surface area contributed by atoms with Crippen molar-refractivity contribution < 1.29 is 14.7 Å². The molecule has 1 aliphatic rings. The van der Waals surface area contributed by atoms with Crippen LogP contribution in [0.5, 0.6) is 0 Å². The summed E-state index contributed by atoms with van der Waals surface area (Å²) in [5, 5.41) is 12.7. The molecule has 3 aromatic rings. The first-order valence-electron chi connectivity index (χ1n) is 10.8. The fourth-order valence-electron chi connectivity index (χ4n) is 4.89. The van der Waals surface area contributed by atoms with Crippen LogP contribution in [0.1, 0.15) is 54.9 Å². The van der Waals surface area contributed by atoms with Crippen LogP contribution in [0.15, 0.2) is 72.8 Å². The molecule has 3 aromatic carbocycles. The van der Waals surface area contributed by atoms with Crippen LogP contribution in [0.3, 0.4) is 0 Å². The Bertz CT molecular complexity index is 1070. The molecule has 0 spiro atoms. The van der Waals surface area contributed by atoms with Crippen LogP contribution in [0.25, 0.3) is 11.1 Å². The Balaban J connectivity index is 1.68. The number of carboxylic acid groups (broad SMARTS) is 1. The van der Waals surface area contributed by atoms with Crippen LogP contribution in [0.4, 0.5) is 0 Å². The maximum absolute atomic E-state index is 12.3. The predicted octanol–water partition coefficient (Wildman–Crippen LogP) is 5.26. The maximum atomic E-state index is 12.3. The second kappa shape index (κ2) is 8.38. The molecule has 158 valence electrons. The highest BCUT2D eigenvalue weighted by Crippen LogP contribution is 2.49. The maximum Gasteiger partial charge on any atom is 0.310 e. The molecule has 0 saturated heterocycles. The lowest BCUT2D eigenvalue weighted by Crippen LogP contribution is -2.45. The number of amides is 1. The first-order valence-corrected chi connectivity index (χ1v) is 10.8. The third-order valence-electron chi connectivity index (χ3n) is 6.33. The van der Waals surface area contributed by atoms with Crippen molar-refractivity contribution >= 4 is 11.9 Å². The average molecular weight is 414 g/mol. The molecule has 1 atom stereocenters. The molecule has 0 radical (unpaired) electrons. The van der Waals surface area contributed by atoms with E-state index in [-0.39, 0.29) is 5.91 Å². The van der Waals surface area contributed by atoms with Crippen LogP contribution in [-0.4, -0.2) is 17.0 Å². The van der Waals surface area contributed by atoms with Gasteiger partial charge in [0.1, 0.15) is 0 Å². The molecule has 4 heteroatoms. The Kier molecular flexibility index (Phi) is 5.64. The lowest BCUT2D eigenvalue weighted by Gasteiger charge is -2.33. The molecule has 1 amide bonds.